The zero-order valence-corrected chi connectivity index (χ0v) is 10.7. The highest BCUT2D eigenvalue weighted by molar-refractivity contribution is 6.33. The Morgan fingerprint density at radius 1 is 1.72 bits per heavy atom. The molecule has 0 aliphatic carbocycles. The molecule has 0 saturated heterocycles. The second-order valence-corrected chi connectivity index (χ2v) is 4.12. The van der Waals surface area contributed by atoms with E-state index in [9.17, 15) is 10.1 Å². The van der Waals surface area contributed by atoms with Crippen LogP contribution in [0.25, 0.3) is 0 Å². The predicted octanol–water partition coefficient (Wildman–Crippen LogP) is 2.65. The average Bonchev–Trinajstić information content (AvgIpc) is 2.29. The highest BCUT2D eigenvalue weighted by Crippen LogP contribution is 2.23. The van der Waals surface area contributed by atoms with Gasteiger partial charge in [-0.3, -0.25) is 10.1 Å². The lowest BCUT2D eigenvalue weighted by molar-refractivity contribution is -0.385. The molecule has 0 atom stereocenters. The third-order valence-corrected chi connectivity index (χ3v) is 2.21. The molecule has 0 spiro atoms. The molecule has 98 valence electrons. The number of rotatable bonds is 7. The van der Waals surface area contributed by atoms with E-state index in [0.717, 1.165) is 11.8 Å². The van der Waals surface area contributed by atoms with Gasteiger partial charge in [-0.25, -0.2) is 4.98 Å². The molecule has 0 unspecified atom stereocenters. The normalized spacial score (nSPS) is 10.1. The van der Waals surface area contributed by atoms with Crippen molar-refractivity contribution in [1.29, 1.82) is 0 Å². The van der Waals surface area contributed by atoms with Crippen molar-refractivity contribution in [2.75, 3.05) is 25.1 Å². The van der Waals surface area contributed by atoms with Crippen LogP contribution in [0, 0.1) is 10.1 Å². The van der Waals surface area contributed by atoms with Crippen LogP contribution >= 0.6 is 11.6 Å². The number of anilines is 1. The van der Waals surface area contributed by atoms with Gasteiger partial charge in [0.1, 0.15) is 12.0 Å². The number of hydrogen-bond acceptors (Lipinski definition) is 5. The van der Waals surface area contributed by atoms with Gasteiger partial charge in [0.15, 0.2) is 0 Å². The van der Waals surface area contributed by atoms with Gasteiger partial charge in [-0.15, -0.1) is 0 Å². The van der Waals surface area contributed by atoms with Crippen molar-refractivity contribution in [2.24, 2.45) is 0 Å². The van der Waals surface area contributed by atoms with E-state index in [1.54, 1.807) is 0 Å². The van der Waals surface area contributed by atoms with Crippen LogP contribution in [-0.2, 0) is 4.74 Å². The summed E-state index contributed by atoms with van der Waals surface area (Å²) in [6.45, 7) is 7.07. The quantitative estimate of drug-likeness (QED) is 0.357. The lowest BCUT2D eigenvalue weighted by Crippen LogP contribution is -2.11. The maximum Gasteiger partial charge on any atom is 0.289 e. The maximum atomic E-state index is 10.5. The first kappa shape index (κ1) is 14.4. The molecule has 1 rings (SSSR count). The van der Waals surface area contributed by atoms with E-state index in [1.807, 2.05) is 6.92 Å². The summed E-state index contributed by atoms with van der Waals surface area (Å²) in [6, 6.07) is 1.26. The second kappa shape index (κ2) is 6.93. The van der Waals surface area contributed by atoms with Crippen LogP contribution in [-0.4, -0.2) is 29.7 Å². The van der Waals surface area contributed by atoms with Crippen LogP contribution in [0.1, 0.15) is 6.92 Å². The number of halogens is 1. The zero-order valence-electron chi connectivity index (χ0n) is 9.98. The lowest BCUT2D eigenvalue weighted by Gasteiger charge is -2.07. The minimum Gasteiger partial charge on any atom is -0.375 e. The van der Waals surface area contributed by atoms with E-state index in [1.165, 1.54) is 6.07 Å². The third kappa shape index (κ3) is 4.68. The third-order valence-electron chi connectivity index (χ3n) is 1.92. The summed E-state index contributed by atoms with van der Waals surface area (Å²) in [4.78, 5) is 13.8. The molecular weight excluding hydrogens is 258 g/mol. The van der Waals surface area contributed by atoms with E-state index in [-0.39, 0.29) is 10.7 Å². The van der Waals surface area contributed by atoms with Crippen LogP contribution in [0.2, 0.25) is 5.02 Å². The van der Waals surface area contributed by atoms with Gasteiger partial charge in [-0.05, 0) is 6.92 Å². The van der Waals surface area contributed by atoms with Gasteiger partial charge < -0.3 is 10.1 Å². The second-order valence-electron chi connectivity index (χ2n) is 3.72. The first-order valence-corrected chi connectivity index (χ1v) is 5.64. The minimum atomic E-state index is -0.543. The van der Waals surface area contributed by atoms with Gasteiger partial charge in [0.05, 0.1) is 23.2 Å². The Kier molecular flexibility index (Phi) is 5.54. The monoisotopic (exact) mass is 271 g/mol. The van der Waals surface area contributed by atoms with Gasteiger partial charge in [0.2, 0.25) is 0 Å². The first-order valence-electron chi connectivity index (χ1n) is 5.26. The molecule has 18 heavy (non-hydrogen) atoms. The molecule has 0 amide bonds. The molecule has 0 saturated carbocycles. The number of pyridine rings is 1. The van der Waals surface area contributed by atoms with Crippen molar-refractivity contribution >= 4 is 23.1 Å². The Hall–Kier alpha value is -1.66. The summed E-state index contributed by atoms with van der Waals surface area (Å²) in [5.74, 6) is 0.404. The predicted molar refractivity (Wildman–Crippen MR) is 70.0 cm³/mol. The zero-order chi connectivity index (χ0) is 13.5. The molecule has 0 bridgehead atoms. The number of nitrogens with zero attached hydrogens (tertiary/aromatic N) is 2. The van der Waals surface area contributed by atoms with Crippen molar-refractivity contribution in [3.05, 3.63) is 39.6 Å². The molecule has 0 radical (unpaired) electrons. The fraction of sp³-hybridized carbons (Fsp3) is 0.364. The number of ether oxygens (including phenoxy) is 1. The Labute approximate surface area is 110 Å². The molecule has 1 aromatic rings. The number of nitro groups is 1. The fourth-order valence-electron chi connectivity index (χ4n) is 1.15. The van der Waals surface area contributed by atoms with Gasteiger partial charge in [-0.2, -0.15) is 0 Å². The summed E-state index contributed by atoms with van der Waals surface area (Å²) in [5.41, 5.74) is 0.811. The standard InChI is InChI=1S/C11H14ClN3O3/c1-8(2)7-18-4-3-13-11-10(12)5-9(6-14-11)15(16)17/h5-6H,1,3-4,7H2,2H3,(H,13,14). The van der Waals surface area contributed by atoms with E-state index < -0.39 is 4.92 Å². The number of nitrogens with one attached hydrogen (secondary N) is 1. The van der Waals surface area contributed by atoms with E-state index >= 15 is 0 Å². The SMILES string of the molecule is C=C(C)COCCNc1ncc([N+](=O)[O-])cc1Cl. The van der Waals surface area contributed by atoms with Gasteiger partial charge in [0, 0.05) is 12.6 Å². The Morgan fingerprint density at radius 3 is 3.00 bits per heavy atom. The molecule has 0 aliphatic heterocycles. The van der Waals surface area contributed by atoms with Crippen LogP contribution in [0.3, 0.4) is 0 Å². The Balaban J connectivity index is 2.43. The van der Waals surface area contributed by atoms with Crippen molar-refractivity contribution in [1.82, 2.24) is 4.98 Å². The molecule has 0 aromatic carbocycles. The molecule has 7 heteroatoms. The van der Waals surface area contributed by atoms with Crippen molar-refractivity contribution in [3.63, 3.8) is 0 Å². The highest BCUT2D eigenvalue weighted by atomic mass is 35.5. The minimum absolute atomic E-state index is 0.135. The fourth-order valence-corrected chi connectivity index (χ4v) is 1.37. The number of aromatic nitrogens is 1. The van der Waals surface area contributed by atoms with E-state index in [0.29, 0.717) is 25.6 Å². The average molecular weight is 272 g/mol. The topological polar surface area (TPSA) is 77.3 Å². The van der Waals surface area contributed by atoms with Gasteiger partial charge in [0.25, 0.3) is 5.69 Å². The molecule has 1 heterocycles. The lowest BCUT2D eigenvalue weighted by atomic mass is 10.4. The molecular formula is C11H14ClN3O3. The highest BCUT2D eigenvalue weighted by Gasteiger charge is 2.10. The molecule has 1 N–H and O–H groups in total. The smallest absolute Gasteiger partial charge is 0.289 e. The maximum absolute atomic E-state index is 10.5. The largest absolute Gasteiger partial charge is 0.375 e. The van der Waals surface area contributed by atoms with Crippen LogP contribution < -0.4 is 5.32 Å². The van der Waals surface area contributed by atoms with Crippen molar-refractivity contribution in [3.8, 4) is 0 Å². The summed E-state index contributed by atoms with van der Waals surface area (Å²) < 4.78 is 5.28. The van der Waals surface area contributed by atoms with Crippen molar-refractivity contribution < 1.29 is 9.66 Å². The van der Waals surface area contributed by atoms with Gasteiger partial charge in [-0.1, -0.05) is 23.8 Å². The van der Waals surface area contributed by atoms with Crippen molar-refractivity contribution in [2.45, 2.75) is 6.92 Å². The van der Waals surface area contributed by atoms with Gasteiger partial charge >= 0.3 is 0 Å². The molecule has 6 nitrogen and oxygen atoms in total. The summed E-state index contributed by atoms with van der Waals surface area (Å²) >= 11 is 5.85. The van der Waals surface area contributed by atoms with Crippen LogP contribution in [0.4, 0.5) is 11.5 Å². The Bertz CT molecular complexity index is 451. The molecule has 1 aromatic heterocycles. The summed E-state index contributed by atoms with van der Waals surface area (Å²) in [5, 5.41) is 13.6. The van der Waals surface area contributed by atoms with E-state index in [4.69, 9.17) is 16.3 Å². The molecule has 0 aliphatic rings. The number of hydrogen-bond donors (Lipinski definition) is 1. The summed E-state index contributed by atoms with van der Waals surface area (Å²) in [7, 11) is 0. The summed E-state index contributed by atoms with van der Waals surface area (Å²) in [6.07, 6.45) is 1.16. The van der Waals surface area contributed by atoms with Crippen LogP contribution in [0.15, 0.2) is 24.4 Å². The molecule has 0 fully saturated rings. The Morgan fingerprint density at radius 2 is 2.44 bits per heavy atom. The first-order chi connectivity index (χ1) is 8.50. The van der Waals surface area contributed by atoms with E-state index in [2.05, 4.69) is 16.9 Å². The van der Waals surface area contributed by atoms with Crippen LogP contribution in [0.5, 0.6) is 0 Å².